The molecule has 3 atom stereocenters. The molecule has 1 saturated heterocycles. The van der Waals surface area contributed by atoms with Crippen molar-refractivity contribution in [3.05, 3.63) is 0 Å². The van der Waals surface area contributed by atoms with Crippen LogP contribution in [0.25, 0.3) is 0 Å². The van der Waals surface area contributed by atoms with E-state index >= 15 is 0 Å². The van der Waals surface area contributed by atoms with Gasteiger partial charge in [0.2, 0.25) is 8.32 Å². The zero-order valence-corrected chi connectivity index (χ0v) is 15.0. The highest BCUT2D eigenvalue weighted by atomic mass is 28.4. The number of ether oxygens (including phenoxy) is 1. The molecule has 0 aliphatic carbocycles. The second-order valence-electron chi connectivity index (χ2n) is 7.98. The van der Waals surface area contributed by atoms with Crippen molar-refractivity contribution in [2.75, 3.05) is 0 Å². The molecule has 0 spiro atoms. The summed E-state index contributed by atoms with van der Waals surface area (Å²) < 4.78 is 11.9. The van der Waals surface area contributed by atoms with E-state index in [9.17, 15) is 4.79 Å². The van der Waals surface area contributed by atoms with Gasteiger partial charge >= 0.3 is 5.97 Å². The lowest BCUT2D eigenvalue weighted by Crippen LogP contribution is -2.55. The summed E-state index contributed by atoms with van der Waals surface area (Å²) in [7, 11) is -2.11. The Morgan fingerprint density at radius 3 is 1.74 bits per heavy atom. The van der Waals surface area contributed by atoms with Crippen LogP contribution in [0.3, 0.4) is 0 Å². The third kappa shape index (κ3) is 2.61. The third-order valence-corrected chi connectivity index (χ3v) is 11.5. The normalized spacial score (nSPS) is 31.3. The van der Waals surface area contributed by atoms with Crippen molar-refractivity contribution in [2.24, 2.45) is 5.92 Å². The summed E-state index contributed by atoms with van der Waals surface area (Å²) in [6.45, 7) is 19.5. The van der Waals surface area contributed by atoms with E-state index in [1.54, 1.807) is 0 Å². The van der Waals surface area contributed by atoms with E-state index < -0.39 is 8.32 Å². The Labute approximate surface area is 119 Å². The largest absolute Gasteiger partial charge is 0.437 e. The SMILES string of the molecule is CC(=O)O[C@H]1O[Si](C(C)(C)C)(C(C)(C)C)[C@H](C)[C@@H]1C. The first kappa shape index (κ1) is 16.7. The molecule has 0 amide bonds. The highest BCUT2D eigenvalue weighted by molar-refractivity contribution is 6.81. The summed E-state index contributed by atoms with van der Waals surface area (Å²) in [4.78, 5) is 11.3. The van der Waals surface area contributed by atoms with Gasteiger partial charge in [0.1, 0.15) is 0 Å². The minimum atomic E-state index is -2.11. The number of carbonyl (C=O) groups is 1. The van der Waals surface area contributed by atoms with Crippen molar-refractivity contribution in [1.29, 1.82) is 0 Å². The maximum Gasteiger partial charge on any atom is 0.304 e. The van der Waals surface area contributed by atoms with Crippen molar-refractivity contribution < 1.29 is 14.0 Å². The monoisotopic (exact) mass is 286 g/mol. The Kier molecular flexibility index (Phi) is 4.29. The fourth-order valence-electron chi connectivity index (χ4n) is 4.14. The van der Waals surface area contributed by atoms with Crippen LogP contribution < -0.4 is 0 Å². The highest BCUT2D eigenvalue weighted by Gasteiger charge is 2.65. The topological polar surface area (TPSA) is 35.5 Å². The lowest BCUT2D eigenvalue weighted by atomic mass is 10.1. The molecule has 0 aromatic carbocycles. The zero-order valence-electron chi connectivity index (χ0n) is 14.0. The van der Waals surface area contributed by atoms with Crippen LogP contribution in [-0.2, 0) is 14.0 Å². The van der Waals surface area contributed by atoms with Gasteiger partial charge in [0.25, 0.3) is 0 Å². The second-order valence-corrected chi connectivity index (χ2v) is 13.6. The van der Waals surface area contributed by atoms with Crippen LogP contribution >= 0.6 is 0 Å². The van der Waals surface area contributed by atoms with Crippen molar-refractivity contribution in [3.8, 4) is 0 Å². The van der Waals surface area contributed by atoms with Gasteiger partial charge in [-0.25, -0.2) is 0 Å². The summed E-state index contributed by atoms with van der Waals surface area (Å²) in [5, 5.41) is 0.210. The van der Waals surface area contributed by atoms with Gasteiger partial charge < -0.3 is 9.16 Å². The molecule has 3 nitrogen and oxygen atoms in total. The molecule has 0 N–H and O–H groups in total. The number of carbonyl (C=O) groups excluding carboxylic acids is 1. The first-order chi connectivity index (χ1) is 8.34. The molecule has 0 aromatic rings. The Morgan fingerprint density at radius 2 is 1.47 bits per heavy atom. The van der Waals surface area contributed by atoms with Crippen molar-refractivity contribution in [3.63, 3.8) is 0 Å². The van der Waals surface area contributed by atoms with E-state index in [1.807, 2.05) is 0 Å². The van der Waals surface area contributed by atoms with Crippen molar-refractivity contribution in [1.82, 2.24) is 0 Å². The molecular formula is C15H30O3Si. The van der Waals surface area contributed by atoms with Gasteiger partial charge in [-0.3, -0.25) is 4.79 Å². The minimum absolute atomic E-state index is 0.105. The average Bonchev–Trinajstić information content (AvgIpc) is 2.40. The van der Waals surface area contributed by atoms with Crippen LogP contribution in [0.5, 0.6) is 0 Å². The predicted octanol–water partition coefficient (Wildman–Crippen LogP) is 4.48. The third-order valence-electron chi connectivity index (χ3n) is 4.67. The van der Waals surface area contributed by atoms with Crippen LogP contribution in [0.2, 0.25) is 15.6 Å². The number of esters is 1. The van der Waals surface area contributed by atoms with Gasteiger partial charge in [0, 0.05) is 12.8 Å². The van der Waals surface area contributed by atoms with Crippen molar-refractivity contribution in [2.45, 2.75) is 84.2 Å². The minimum Gasteiger partial charge on any atom is -0.437 e. The van der Waals surface area contributed by atoms with Gasteiger partial charge in [-0.05, 0) is 15.6 Å². The standard InChI is InChI=1S/C15H30O3Si/c1-10-11(2)19(14(4,5)6,15(7,8)9)18-13(10)17-12(3)16/h10-11,13H,1-9H3/t10-,11+,13-/m0/s1. The predicted molar refractivity (Wildman–Crippen MR) is 80.4 cm³/mol. The molecule has 0 bridgehead atoms. The van der Waals surface area contributed by atoms with E-state index in [0.717, 1.165) is 0 Å². The van der Waals surface area contributed by atoms with Crippen LogP contribution in [0, 0.1) is 5.92 Å². The highest BCUT2D eigenvalue weighted by Crippen LogP contribution is 2.63. The summed E-state index contributed by atoms with van der Waals surface area (Å²) >= 11 is 0. The fraction of sp³-hybridized carbons (Fsp3) is 0.933. The van der Waals surface area contributed by atoms with E-state index in [2.05, 4.69) is 55.4 Å². The molecule has 19 heavy (non-hydrogen) atoms. The molecule has 1 rings (SSSR count). The Hall–Kier alpha value is -0.353. The average molecular weight is 286 g/mol. The molecule has 1 aliphatic rings. The molecule has 1 fully saturated rings. The van der Waals surface area contributed by atoms with Gasteiger partial charge in [0.15, 0.2) is 6.29 Å². The Morgan fingerprint density at radius 1 is 1.05 bits per heavy atom. The molecule has 0 unspecified atom stereocenters. The van der Waals surface area contributed by atoms with E-state index in [-0.39, 0.29) is 28.3 Å². The second kappa shape index (κ2) is 4.88. The summed E-state index contributed by atoms with van der Waals surface area (Å²) in [6, 6.07) is 0. The number of hydrogen-bond acceptors (Lipinski definition) is 3. The quantitative estimate of drug-likeness (QED) is 0.527. The summed E-state index contributed by atoms with van der Waals surface area (Å²) in [5.41, 5.74) is 0.455. The van der Waals surface area contributed by atoms with Gasteiger partial charge in [-0.2, -0.15) is 0 Å². The van der Waals surface area contributed by atoms with E-state index in [0.29, 0.717) is 5.54 Å². The van der Waals surface area contributed by atoms with Crippen LogP contribution in [0.1, 0.15) is 62.3 Å². The van der Waals surface area contributed by atoms with E-state index in [1.165, 1.54) is 6.92 Å². The molecular weight excluding hydrogens is 256 g/mol. The lowest BCUT2D eigenvalue weighted by Gasteiger charge is -2.50. The molecule has 4 heteroatoms. The Bertz CT molecular complexity index is 337. The first-order valence-electron chi connectivity index (χ1n) is 7.19. The van der Waals surface area contributed by atoms with Gasteiger partial charge in [-0.15, -0.1) is 0 Å². The molecule has 112 valence electrons. The molecule has 0 aromatic heterocycles. The van der Waals surface area contributed by atoms with Crippen molar-refractivity contribution >= 4 is 14.3 Å². The maximum absolute atomic E-state index is 11.3. The van der Waals surface area contributed by atoms with Crippen LogP contribution in [0.15, 0.2) is 0 Å². The smallest absolute Gasteiger partial charge is 0.304 e. The summed E-state index contributed by atoms with van der Waals surface area (Å²) in [5.74, 6) is 0.00526. The lowest BCUT2D eigenvalue weighted by molar-refractivity contribution is -0.165. The summed E-state index contributed by atoms with van der Waals surface area (Å²) in [6.07, 6.45) is -0.377. The maximum atomic E-state index is 11.3. The zero-order chi connectivity index (χ0) is 15.2. The molecule has 0 saturated carbocycles. The Balaban J connectivity index is 3.25. The molecule has 0 radical (unpaired) electrons. The van der Waals surface area contributed by atoms with Crippen LogP contribution in [0.4, 0.5) is 0 Å². The van der Waals surface area contributed by atoms with Gasteiger partial charge in [-0.1, -0.05) is 55.4 Å². The number of rotatable bonds is 1. The van der Waals surface area contributed by atoms with Gasteiger partial charge in [0.05, 0.1) is 0 Å². The van der Waals surface area contributed by atoms with Crippen LogP contribution in [-0.4, -0.2) is 20.6 Å². The molecule has 1 aliphatic heterocycles. The first-order valence-corrected chi connectivity index (χ1v) is 9.18. The number of hydrogen-bond donors (Lipinski definition) is 0. The molecule has 1 heterocycles. The fourth-order valence-corrected chi connectivity index (χ4v) is 11.6. The van der Waals surface area contributed by atoms with E-state index in [4.69, 9.17) is 9.16 Å².